The summed E-state index contributed by atoms with van der Waals surface area (Å²) in [6.45, 7) is 1.81. The highest BCUT2D eigenvalue weighted by atomic mass is 79.9. The van der Waals surface area contributed by atoms with Crippen molar-refractivity contribution in [3.63, 3.8) is 0 Å². The Morgan fingerprint density at radius 3 is 2.00 bits per heavy atom. The van der Waals surface area contributed by atoms with Crippen molar-refractivity contribution < 1.29 is 9.59 Å². The first-order valence-corrected chi connectivity index (χ1v) is 7.27. The van der Waals surface area contributed by atoms with E-state index in [9.17, 15) is 9.59 Å². The summed E-state index contributed by atoms with van der Waals surface area (Å²) in [4.78, 5) is 22.9. The number of halogens is 1. The van der Waals surface area contributed by atoms with Crippen molar-refractivity contribution in [1.82, 2.24) is 5.43 Å². The van der Waals surface area contributed by atoms with Gasteiger partial charge in [-0.05, 0) is 48.9 Å². The summed E-state index contributed by atoms with van der Waals surface area (Å²) in [5.74, 6) is -0.886. The number of nitrogens with one attached hydrogen (secondary N) is 1. The number of hydrogen-bond donors (Lipinski definition) is 2. The van der Waals surface area contributed by atoms with Gasteiger partial charge >= 0.3 is 0 Å². The molecule has 0 aliphatic carbocycles. The lowest BCUT2D eigenvalue weighted by Crippen LogP contribution is -2.19. The fourth-order valence-electron chi connectivity index (χ4n) is 1.74. The van der Waals surface area contributed by atoms with Crippen molar-refractivity contribution in [2.45, 2.75) is 6.92 Å². The lowest BCUT2D eigenvalue weighted by atomic mass is 10.1. The summed E-state index contributed by atoms with van der Waals surface area (Å²) < 4.78 is 0.975. The van der Waals surface area contributed by atoms with Gasteiger partial charge in [-0.2, -0.15) is 5.10 Å². The number of amides is 2. The molecular weight excluding hydrogens is 346 g/mol. The van der Waals surface area contributed by atoms with E-state index in [4.69, 9.17) is 5.73 Å². The fourth-order valence-corrected chi connectivity index (χ4v) is 2.01. The van der Waals surface area contributed by atoms with Crippen LogP contribution in [0.5, 0.6) is 0 Å². The molecular formula is C16H14BrN3O2. The number of benzene rings is 2. The Bertz CT molecular complexity index is 722. The second-order valence-corrected chi connectivity index (χ2v) is 5.50. The highest BCUT2D eigenvalue weighted by molar-refractivity contribution is 9.10. The first-order chi connectivity index (χ1) is 10.5. The van der Waals surface area contributed by atoms with E-state index in [-0.39, 0.29) is 5.91 Å². The number of nitrogens with two attached hydrogens (primary N) is 1. The molecule has 0 radical (unpaired) electrons. The Hall–Kier alpha value is -2.47. The molecule has 0 saturated carbocycles. The summed E-state index contributed by atoms with van der Waals surface area (Å²) in [5.41, 5.74) is 9.98. The highest BCUT2D eigenvalue weighted by Gasteiger charge is 2.06. The van der Waals surface area contributed by atoms with Crippen LogP contribution >= 0.6 is 15.9 Å². The Labute approximate surface area is 136 Å². The largest absolute Gasteiger partial charge is 0.366 e. The van der Waals surface area contributed by atoms with Crippen LogP contribution in [-0.4, -0.2) is 17.5 Å². The van der Waals surface area contributed by atoms with Crippen LogP contribution in [0.2, 0.25) is 0 Å². The zero-order valence-electron chi connectivity index (χ0n) is 11.8. The van der Waals surface area contributed by atoms with Gasteiger partial charge in [0.1, 0.15) is 0 Å². The van der Waals surface area contributed by atoms with Crippen molar-refractivity contribution in [3.8, 4) is 0 Å². The van der Waals surface area contributed by atoms with Crippen LogP contribution in [0.25, 0.3) is 0 Å². The molecule has 0 aromatic heterocycles. The van der Waals surface area contributed by atoms with Gasteiger partial charge in [-0.1, -0.05) is 28.1 Å². The van der Waals surface area contributed by atoms with Gasteiger partial charge in [0.05, 0.1) is 5.71 Å². The number of rotatable bonds is 4. The third kappa shape index (κ3) is 4.02. The van der Waals surface area contributed by atoms with E-state index in [0.29, 0.717) is 16.8 Å². The number of primary amides is 1. The van der Waals surface area contributed by atoms with Gasteiger partial charge in [0.15, 0.2) is 0 Å². The van der Waals surface area contributed by atoms with Gasteiger partial charge in [-0.25, -0.2) is 5.43 Å². The van der Waals surface area contributed by atoms with Crippen LogP contribution in [0.3, 0.4) is 0 Å². The number of carbonyl (C=O) groups excluding carboxylic acids is 2. The summed E-state index contributed by atoms with van der Waals surface area (Å²) in [6.07, 6.45) is 0. The van der Waals surface area contributed by atoms with Gasteiger partial charge in [0, 0.05) is 15.6 Å². The quantitative estimate of drug-likeness (QED) is 0.649. The highest BCUT2D eigenvalue weighted by Crippen LogP contribution is 2.11. The summed E-state index contributed by atoms with van der Waals surface area (Å²) in [6, 6.07) is 13.7. The van der Waals surface area contributed by atoms with Crippen LogP contribution in [0.15, 0.2) is 58.1 Å². The van der Waals surface area contributed by atoms with Gasteiger partial charge in [-0.15, -0.1) is 0 Å². The van der Waals surface area contributed by atoms with E-state index in [1.807, 2.05) is 24.3 Å². The summed E-state index contributed by atoms with van der Waals surface area (Å²) >= 11 is 3.36. The van der Waals surface area contributed by atoms with E-state index in [1.54, 1.807) is 6.92 Å². The van der Waals surface area contributed by atoms with E-state index < -0.39 is 5.91 Å². The molecule has 0 aliphatic heterocycles. The maximum Gasteiger partial charge on any atom is 0.271 e. The lowest BCUT2D eigenvalue weighted by Gasteiger charge is -2.04. The fraction of sp³-hybridized carbons (Fsp3) is 0.0625. The van der Waals surface area contributed by atoms with Crippen LogP contribution < -0.4 is 11.2 Å². The Morgan fingerprint density at radius 2 is 1.45 bits per heavy atom. The zero-order chi connectivity index (χ0) is 16.1. The number of nitrogens with zero attached hydrogens (tertiary/aromatic N) is 1. The normalized spacial score (nSPS) is 11.1. The van der Waals surface area contributed by atoms with Crippen LogP contribution in [0, 0.1) is 0 Å². The first-order valence-electron chi connectivity index (χ1n) is 6.48. The standard InChI is InChI=1S/C16H14BrN3O2/c1-10(11-6-8-14(17)9-7-11)19-20-16(22)13-4-2-12(3-5-13)15(18)21/h2-9H,1H3,(H2,18,21)(H,20,22)/b19-10-. The molecule has 0 unspecified atom stereocenters. The monoisotopic (exact) mass is 359 g/mol. The van der Waals surface area contributed by atoms with Crippen molar-refractivity contribution in [2.24, 2.45) is 10.8 Å². The predicted molar refractivity (Wildman–Crippen MR) is 88.8 cm³/mol. The Balaban J connectivity index is 2.06. The van der Waals surface area contributed by atoms with Gasteiger partial charge in [-0.3, -0.25) is 9.59 Å². The van der Waals surface area contributed by atoms with Crippen LogP contribution in [0.1, 0.15) is 33.2 Å². The molecule has 112 valence electrons. The minimum atomic E-state index is -0.531. The molecule has 0 aliphatic rings. The molecule has 2 amide bonds. The second kappa shape index (κ2) is 7.00. The molecule has 5 nitrogen and oxygen atoms in total. The molecule has 0 spiro atoms. The van der Waals surface area contributed by atoms with Crippen molar-refractivity contribution >= 4 is 33.5 Å². The molecule has 2 aromatic rings. The van der Waals surface area contributed by atoms with E-state index in [2.05, 4.69) is 26.5 Å². The molecule has 0 bridgehead atoms. The summed E-state index contributed by atoms with van der Waals surface area (Å²) in [7, 11) is 0. The second-order valence-electron chi connectivity index (χ2n) is 4.59. The van der Waals surface area contributed by atoms with E-state index in [0.717, 1.165) is 10.0 Å². The third-order valence-corrected chi connectivity index (χ3v) is 3.55. The maximum absolute atomic E-state index is 12.0. The van der Waals surface area contributed by atoms with Gasteiger partial charge in [0.25, 0.3) is 5.91 Å². The van der Waals surface area contributed by atoms with Gasteiger partial charge < -0.3 is 5.73 Å². The molecule has 0 heterocycles. The topological polar surface area (TPSA) is 84.6 Å². The molecule has 2 aromatic carbocycles. The van der Waals surface area contributed by atoms with Crippen molar-refractivity contribution in [1.29, 1.82) is 0 Å². The van der Waals surface area contributed by atoms with E-state index in [1.165, 1.54) is 24.3 Å². The molecule has 2 rings (SSSR count). The smallest absolute Gasteiger partial charge is 0.271 e. The third-order valence-electron chi connectivity index (χ3n) is 3.02. The molecule has 0 fully saturated rings. The van der Waals surface area contributed by atoms with Crippen LogP contribution in [-0.2, 0) is 0 Å². The van der Waals surface area contributed by atoms with Crippen LogP contribution in [0.4, 0.5) is 0 Å². The van der Waals surface area contributed by atoms with Crippen molar-refractivity contribution in [3.05, 3.63) is 69.7 Å². The SMILES string of the molecule is C/C(=N/NC(=O)c1ccc(C(N)=O)cc1)c1ccc(Br)cc1. The minimum absolute atomic E-state index is 0.353. The molecule has 3 N–H and O–H groups in total. The Morgan fingerprint density at radius 1 is 0.955 bits per heavy atom. The predicted octanol–water partition coefficient (Wildman–Crippen LogP) is 2.70. The Kier molecular flexibility index (Phi) is 5.06. The van der Waals surface area contributed by atoms with Crippen molar-refractivity contribution in [2.75, 3.05) is 0 Å². The average Bonchev–Trinajstić information content (AvgIpc) is 2.53. The molecule has 0 saturated heterocycles. The maximum atomic E-state index is 12.0. The van der Waals surface area contributed by atoms with Gasteiger partial charge in [0.2, 0.25) is 5.91 Å². The molecule has 6 heteroatoms. The number of hydrogen-bond acceptors (Lipinski definition) is 3. The number of carbonyl (C=O) groups is 2. The van der Waals surface area contributed by atoms with E-state index >= 15 is 0 Å². The lowest BCUT2D eigenvalue weighted by molar-refractivity contribution is 0.0952. The number of hydrazone groups is 1. The minimum Gasteiger partial charge on any atom is -0.366 e. The zero-order valence-corrected chi connectivity index (χ0v) is 13.4. The molecule has 22 heavy (non-hydrogen) atoms. The molecule has 0 atom stereocenters. The summed E-state index contributed by atoms with van der Waals surface area (Å²) in [5, 5.41) is 4.07. The average molecular weight is 360 g/mol. The first kappa shape index (κ1) is 15.9.